The molecular formula is C13H17N5O4. The molecule has 0 fully saturated rings. The van der Waals surface area contributed by atoms with E-state index in [1.54, 1.807) is 0 Å². The first kappa shape index (κ1) is 15.8. The highest BCUT2D eigenvalue weighted by Crippen LogP contribution is 2.06. The van der Waals surface area contributed by atoms with E-state index < -0.39 is 17.9 Å². The molecule has 9 nitrogen and oxygen atoms in total. The van der Waals surface area contributed by atoms with Crippen LogP contribution in [0.25, 0.3) is 5.78 Å². The molecule has 0 aliphatic rings. The van der Waals surface area contributed by atoms with Gasteiger partial charge in [0, 0.05) is 31.5 Å². The first-order valence-electron chi connectivity index (χ1n) is 6.66. The zero-order valence-corrected chi connectivity index (χ0v) is 12.5. The number of carbonyl (C=O) groups excluding carboxylic acids is 1. The third-order valence-corrected chi connectivity index (χ3v) is 3.04. The maximum atomic E-state index is 12.1. The van der Waals surface area contributed by atoms with Crippen LogP contribution in [0.5, 0.6) is 0 Å². The normalized spacial score (nSPS) is 12.3. The van der Waals surface area contributed by atoms with Gasteiger partial charge in [-0.25, -0.2) is 14.3 Å². The fraction of sp³-hybridized carbons (Fsp3) is 0.462. The number of aliphatic carboxylic acids is 1. The molecule has 2 aromatic rings. The van der Waals surface area contributed by atoms with Gasteiger partial charge in [-0.2, -0.15) is 4.98 Å². The molecule has 0 bridgehead atoms. The number of carboxylic acid groups (broad SMARTS) is 1. The number of nitrogens with zero attached hydrogens (tertiary/aromatic N) is 4. The van der Waals surface area contributed by atoms with Crippen molar-refractivity contribution in [2.75, 3.05) is 13.7 Å². The number of amides is 1. The van der Waals surface area contributed by atoms with E-state index in [2.05, 4.69) is 20.4 Å². The van der Waals surface area contributed by atoms with Crippen molar-refractivity contribution in [1.82, 2.24) is 24.9 Å². The lowest BCUT2D eigenvalue weighted by molar-refractivity contribution is -0.139. The minimum Gasteiger partial charge on any atom is -0.480 e. The summed E-state index contributed by atoms with van der Waals surface area (Å²) in [5.74, 6) is -1.62. The highest BCUT2D eigenvalue weighted by Gasteiger charge is 2.23. The van der Waals surface area contributed by atoms with E-state index >= 15 is 0 Å². The third-order valence-electron chi connectivity index (χ3n) is 3.04. The zero-order valence-electron chi connectivity index (χ0n) is 12.5. The molecule has 2 aromatic heterocycles. The lowest BCUT2D eigenvalue weighted by Gasteiger charge is -2.12. The molecule has 0 aromatic carbocycles. The Balaban J connectivity index is 2.21. The van der Waals surface area contributed by atoms with Gasteiger partial charge in [-0.15, -0.1) is 5.10 Å². The van der Waals surface area contributed by atoms with Crippen LogP contribution < -0.4 is 5.32 Å². The predicted octanol–water partition coefficient (Wildman–Crippen LogP) is -0.0394. The summed E-state index contributed by atoms with van der Waals surface area (Å²) in [6.07, 6.45) is 0.154. The molecule has 0 spiro atoms. The van der Waals surface area contributed by atoms with Crippen molar-refractivity contribution in [3.05, 3.63) is 23.3 Å². The van der Waals surface area contributed by atoms with Crippen molar-refractivity contribution < 1.29 is 19.4 Å². The van der Waals surface area contributed by atoms with Crippen molar-refractivity contribution >= 4 is 17.7 Å². The van der Waals surface area contributed by atoms with Crippen LogP contribution in [0.3, 0.4) is 0 Å². The second-order valence-electron chi connectivity index (χ2n) is 4.83. The number of carboxylic acids is 1. The summed E-state index contributed by atoms with van der Waals surface area (Å²) in [4.78, 5) is 31.4. The molecule has 118 valence electrons. The maximum Gasteiger partial charge on any atom is 0.326 e. The van der Waals surface area contributed by atoms with E-state index in [1.165, 1.54) is 11.6 Å². The molecule has 22 heavy (non-hydrogen) atoms. The molecule has 0 aliphatic carbocycles. The lowest BCUT2D eigenvalue weighted by atomic mass is 10.2. The van der Waals surface area contributed by atoms with E-state index in [0.29, 0.717) is 5.78 Å². The number of aryl methyl sites for hydroxylation is 2. The van der Waals surface area contributed by atoms with Gasteiger partial charge >= 0.3 is 5.97 Å². The minimum absolute atomic E-state index is 0.120. The number of rotatable bonds is 6. The van der Waals surface area contributed by atoms with Crippen molar-refractivity contribution in [2.24, 2.45) is 0 Å². The molecule has 0 radical (unpaired) electrons. The second-order valence-corrected chi connectivity index (χ2v) is 4.83. The predicted molar refractivity (Wildman–Crippen MR) is 75.6 cm³/mol. The highest BCUT2D eigenvalue weighted by molar-refractivity contribution is 5.93. The first-order chi connectivity index (χ1) is 10.4. The maximum absolute atomic E-state index is 12.1. The largest absolute Gasteiger partial charge is 0.480 e. The van der Waals surface area contributed by atoms with Crippen LogP contribution in [0.4, 0.5) is 0 Å². The van der Waals surface area contributed by atoms with Crippen molar-refractivity contribution in [2.45, 2.75) is 26.3 Å². The highest BCUT2D eigenvalue weighted by atomic mass is 16.5. The SMILES string of the molecule is COCCC(NC(=O)c1nc2nc(C)cc(C)n2n1)C(=O)O. The standard InChI is InChI=1S/C13H17N5O4/c1-7-6-8(2)18-13(14-7)16-10(17-18)11(19)15-9(12(20)21)4-5-22-3/h6,9H,4-5H2,1-3H3,(H,15,19)(H,20,21). The summed E-state index contributed by atoms with van der Waals surface area (Å²) >= 11 is 0. The van der Waals surface area contributed by atoms with Crippen LogP contribution in [-0.4, -0.2) is 56.3 Å². The number of carbonyl (C=O) groups is 2. The molecule has 1 unspecified atom stereocenters. The van der Waals surface area contributed by atoms with Crippen molar-refractivity contribution in [1.29, 1.82) is 0 Å². The molecule has 0 aliphatic heterocycles. The van der Waals surface area contributed by atoms with Gasteiger partial charge in [-0.05, 0) is 19.9 Å². The third kappa shape index (κ3) is 3.37. The van der Waals surface area contributed by atoms with Crippen LogP contribution in [0.15, 0.2) is 6.07 Å². The number of hydrogen-bond acceptors (Lipinski definition) is 6. The molecule has 2 rings (SSSR count). The number of nitrogens with one attached hydrogen (secondary N) is 1. The summed E-state index contributed by atoms with van der Waals surface area (Å²) < 4.78 is 6.26. The van der Waals surface area contributed by atoms with Gasteiger partial charge < -0.3 is 15.2 Å². The summed E-state index contributed by atoms with van der Waals surface area (Å²) in [6, 6.07) is 0.747. The van der Waals surface area contributed by atoms with Crippen molar-refractivity contribution in [3.63, 3.8) is 0 Å². The molecule has 0 saturated carbocycles. The summed E-state index contributed by atoms with van der Waals surface area (Å²) in [7, 11) is 1.46. The number of ether oxygens (including phenoxy) is 1. The molecular weight excluding hydrogens is 290 g/mol. The van der Waals surface area contributed by atoms with E-state index in [9.17, 15) is 9.59 Å². The van der Waals surface area contributed by atoms with Crippen LogP contribution in [0.1, 0.15) is 28.4 Å². The van der Waals surface area contributed by atoms with Crippen LogP contribution in [0.2, 0.25) is 0 Å². The fourth-order valence-electron chi connectivity index (χ4n) is 1.98. The molecule has 9 heteroatoms. The van der Waals surface area contributed by atoms with Gasteiger partial charge in [0.25, 0.3) is 11.7 Å². The molecule has 0 saturated heterocycles. The average molecular weight is 307 g/mol. The second kappa shape index (κ2) is 6.48. The summed E-state index contributed by atoms with van der Waals surface area (Å²) in [5, 5.41) is 15.5. The number of methoxy groups -OCH3 is 1. The Morgan fingerprint density at radius 3 is 2.77 bits per heavy atom. The Morgan fingerprint density at radius 2 is 2.14 bits per heavy atom. The van der Waals surface area contributed by atoms with Crippen LogP contribution in [-0.2, 0) is 9.53 Å². The Morgan fingerprint density at radius 1 is 1.41 bits per heavy atom. The fourth-order valence-corrected chi connectivity index (χ4v) is 1.98. The summed E-state index contributed by atoms with van der Waals surface area (Å²) in [6.45, 7) is 3.85. The van der Waals surface area contributed by atoms with E-state index in [1.807, 2.05) is 19.9 Å². The van der Waals surface area contributed by atoms with Gasteiger partial charge in [0.15, 0.2) is 0 Å². The monoisotopic (exact) mass is 307 g/mol. The van der Waals surface area contributed by atoms with Gasteiger partial charge in [-0.1, -0.05) is 0 Å². The van der Waals surface area contributed by atoms with E-state index in [-0.39, 0.29) is 18.9 Å². The lowest BCUT2D eigenvalue weighted by Crippen LogP contribution is -2.41. The van der Waals surface area contributed by atoms with Crippen LogP contribution >= 0.6 is 0 Å². The minimum atomic E-state index is -1.14. The molecule has 1 amide bonds. The Kier molecular flexibility index (Phi) is 4.66. The molecule has 1 atom stereocenters. The Hall–Kier alpha value is -2.55. The van der Waals surface area contributed by atoms with Gasteiger partial charge in [0.2, 0.25) is 5.82 Å². The van der Waals surface area contributed by atoms with Gasteiger partial charge in [0.05, 0.1) is 0 Å². The van der Waals surface area contributed by atoms with Gasteiger partial charge in [-0.3, -0.25) is 4.79 Å². The smallest absolute Gasteiger partial charge is 0.326 e. The average Bonchev–Trinajstić information content (AvgIpc) is 2.87. The van der Waals surface area contributed by atoms with E-state index in [4.69, 9.17) is 9.84 Å². The van der Waals surface area contributed by atoms with Gasteiger partial charge in [0.1, 0.15) is 6.04 Å². The van der Waals surface area contributed by atoms with Crippen molar-refractivity contribution in [3.8, 4) is 0 Å². The topological polar surface area (TPSA) is 119 Å². The Labute approximate surface area is 126 Å². The zero-order chi connectivity index (χ0) is 16.3. The quantitative estimate of drug-likeness (QED) is 0.768. The summed E-state index contributed by atoms with van der Waals surface area (Å²) in [5.41, 5.74) is 1.54. The first-order valence-corrected chi connectivity index (χ1v) is 6.66. The number of aromatic nitrogens is 4. The number of hydrogen-bond donors (Lipinski definition) is 2. The molecule has 2 N–H and O–H groups in total. The van der Waals surface area contributed by atoms with Crippen LogP contribution in [0, 0.1) is 13.8 Å². The molecule has 2 heterocycles. The Bertz CT molecular complexity index is 712. The number of fused-ring (bicyclic) bond motifs is 1. The van der Waals surface area contributed by atoms with E-state index in [0.717, 1.165) is 11.4 Å².